The van der Waals surface area contributed by atoms with E-state index in [4.69, 9.17) is 21.1 Å². The van der Waals surface area contributed by atoms with Crippen LogP contribution in [0.15, 0.2) is 54.6 Å². The summed E-state index contributed by atoms with van der Waals surface area (Å²) in [6, 6.07) is 14.3. The van der Waals surface area contributed by atoms with Crippen molar-refractivity contribution in [2.24, 2.45) is 0 Å². The van der Waals surface area contributed by atoms with E-state index in [9.17, 15) is 14.3 Å². The average Bonchev–Trinajstić information content (AvgIpc) is 3.44. The number of hydrogen-bond acceptors (Lipinski definition) is 5. The molecule has 0 saturated heterocycles. The number of carbonyl (C=O) groups excluding carboxylic acids is 1. The van der Waals surface area contributed by atoms with Gasteiger partial charge in [0.2, 0.25) is 0 Å². The topological polar surface area (TPSA) is 87.7 Å². The minimum absolute atomic E-state index is 0.00489. The van der Waals surface area contributed by atoms with Crippen LogP contribution in [0.4, 0.5) is 4.39 Å². The van der Waals surface area contributed by atoms with Crippen molar-refractivity contribution in [2.75, 3.05) is 20.8 Å². The summed E-state index contributed by atoms with van der Waals surface area (Å²) in [5.74, 6) is 0.619. The highest BCUT2D eigenvalue weighted by Gasteiger charge is 2.42. The number of carbonyl (C=O) groups is 1. The molecule has 1 atom stereocenters. The Kier molecular flexibility index (Phi) is 6.52. The number of hydrogen-bond donors (Lipinski definition) is 2. The number of aromatic nitrogens is 2. The zero-order valence-electron chi connectivity index (χ0n) is 20.5. The molecular weight excluding hydrogens is 497 g/mol. The lowest BCUT2D eigenvalue weighted by Gasteiger charge is -2.26. The van der Waals surface area contributed by atoms with E-state index in [0.29, 0.717) is 52.0 Å². The van der Waals surface area contributed by atoms with Crippen molar-refractivity contribution in [1.82, 2.24) is 15.1 Å². The Morgan fingerprint density at radius 2 is 1.81 bits per heavy atom. The van der Waals surface area contributed by atoms with Crippen LogP contribution in [0.3, 0.4) is 0 Å². The lowest BCUT2D eigenvalue weighted by molar-refractivity contribution is 0.0746. The zero-order valence-corrected chi connectivity index (χ0v) is 21.3. The number of nitrogens with zero attached hydrogens (tertiary/aromatic N) is 2. The Labute approximate surface area is 218 Å². The summed E-state index contributed by atoms with van der Waals surface area (Å²) in [5, 5.41) is 18.4. The first-order valence-electron chi connectivity index (χ1n) is 11.7. The van der Waals surface area contributed by atoms with E-state index in [2.05, 4.69) is 10.2 Å². The number of aromatic amines is 1. The third kappa shape index (κ3) is 4.38. The number of phenols is 1. The van der Waals surface area contributed by atoms with Gasteiger partial charge in [0, 0.05) is 22.7 Å². The SMILES string of the molecule is COc1ccc(CCN2C(=O)c3[nH]nc(-c4cc(Cl)c(C)cc4O)c3C2c2ccc(F)cc2)cc1OC. The summed E-state index contributed by atoms with van der Waals surface area (Å²) < 4.78 is 24.5. The van der Waals surface area contributed by atoms with Crippen LogP contribution in [-0.4, -0.2) is 46.9 Å². The molecule has 37 heavy (non-hydrogen) atoms. The average molecular weight is 522 g/mol. The minimum Gasteiger partial charge on any atom is -0.507 e. The van der Waals surface area contributed by atoms with Gasteiger partial charge in [0.25, 0.3) is 5.91 Å². The van der Waals surface area contributed by atoms with Gasteiger partial charge in [-0.2, -0.15) is 5.10 Å². The standard InChI is InChI=1S/C28H25ClFN3O4/c1-15-12-21(34)19(14-20(15)29)25-24-26(32-31-25)28(35)33(27(24)17-5-7-18(30)8-6-17)11-10-16-4-9-22(36-2)23(13-16)37-3/h4-9,12-14,27,34H,10-11H2,1-3H3,(H,31,32). The van der Waals surface area contributed by atoms with Crippen molar-refractivity contribution < 1.29 is 23.8 Å². The van der Waals surface area contributed by atoms with Gasteiger partial charge in [-0.3, -0.25) is 9.89 Å². The molecule has 7 nitrogen and oxygen atoms in total. The Morgan fingerprint density at radius 3 is 2.51 bits per heavy atom. The van der Waals surface area contributed by atoms with Crippen molar-refractivity contribution >= 4 is 17.5 Å². The Morgan fingerprint density at radius 1 is 1.08 bits per heavy atom. The van der Waals surface area contributed by atoms with Gasteiger partial charge >= 0.3 is 0 Å². The number of aryl methyl sites for hydroxylation is 1. The molecule has 190 valence electrons. The number of rotatable bonds is 7. The van der Waals surface area contributed by atoms with Crippen LogP contribution in [-0.2, 0) is 6.42 Å². The normalized spacial score (nSPS) is 14.7. The Balaban J connectivity index is 1.56. The highest BCUT2D eigenvalue weighted by atomic mass is 35.5. The van der Waals surface area contributed by atoms with E-state index in [0.717, 1.165) is 16.7 Å². The van der Waals surface area contributed by atoms with Crippen LogP contribution in [0.5, 0.6) is 17.2 Å². The predicted octanol–water partition coefficient (Wildman–Crippen LogP) is 5.69. The fraction of sp³-hybridized carbons (Fsp3) is 0.214. The second-order valence-electron chi connectivity index (χ2n) is 8.87. The molecule has 0 fully saturated rings. The Bertz CT molecular complexity index is 1490. The molecule has 0 spiro atoms. The Hall–Kier alpha value is -4.04. The first-order chi connectivity index (χ1) is 17.8. The molecule has 3 aromatic carbocycles. The van der Waals surface area contributed by atoms with Gasteiger partial charge in [-0.15, -0.1) is 0 Å². The minimum atomic E-state index is -0.545. The third-order valence-electron chi connectivity index (χ3n) is 6.67. The van der Waals surface area contributed by atoms with Crippen LogP contribution >= 0.6 is 11.6 Å². The number of phenolic OH excluding ortho intramolecular Hbond substituents is 1. The maximum atomic E-state index is 13.8. The van der Waals surface area contributed by atoms with E-state index >= 15 is 0 Å². The molecule has 5 rings (SSSR count). The van der Waals surface area contributed by atoms with E-state index in [1.807, 2.05) is 18.2 Å². The molecule has 0 aliphatic carbocycles. The molecule has 1 aliphatic heterocycles. The maximum absolute atomic E-state index is 13.8. The van der Waals surface area contributed by atoms with Gasteiger partial charge < -0.3 is 19.5 Å². The van der Waals surface area contributed by atoms with Crippen molar-refractivity contribution in [1.29, 1.82) is 0 Å². The predicted molar refractivity (Wildman–Crippen MR) is 138 cm³/mol. The molecule has 9 heteroatoms. The molecular formula is C28H25ClFN3O4. The summed E-state index contributed by atoms with van der Waals surface area (Å²) in [5.41, 5.74) is 4.17. The summed E-state index contributed by atoms with van der Waals surface area (Å²) in [7, 11) is 3.15. The van der Waals surface area contributed by atoms with Gasteiger partial charge in [-0.1, -0.05) is 29.8 Å². The van der Waals surface area contributed by atoms with Gasteiger partial charge in [-0.25, -0.2) is 4.39 Å². The highest BCUT2D eigenvalue weighted by Crippen LogP contribution is 2.45. The van der Waals surface area contributed by atoms with Crippen LogP contribution in [0.1, 0.15) is 38.8 Å². The number of aromatic hydroxyl groups is 1. The summed E-state index contributed by atoms with van der Waals surface area (Å²) in [6.07, 6.45) is 0.540. The van der Waals surface area contributed by atoms with Crippen molar-refractivity contribution in [2.45, 2.75) is 19.4 Å². The number of methoxy groups -OCH3 is 2. The lowest BCUT2D eigenvalue weighted by Crippen LogP contribution is -2.31. The van der Waals surface area contributed by atoms with Crippen molar-refractivity contribution in [3.05, 3.63) is 93.4 Å². The largest absolute Gasteiger partial charge is 0.507 e. The highest BCUT2D eigenvalue weighted by molar-refractivity contribution is 6.31. The van der Waals surface area contributed by atoms with E-state index in [-0.39, 0.29) is 17.5 Å². The van der Waals surface area contributed by atoms with Gasteiger partial charge in [0.15, 0.2) is 11.5 Å². The van der Waals surface area contributed by atoms with Crippen molar-refractivity contribution in [3.8, 4) is 28.5 Å². The number of amides is 1. The summed E-state index contributed by atoms with van der Waals surface area (Å²) in [6.45, 7) is 2.17. The number of benzene rings is 3. The molecule has 0 bridgehead atoms. The first kappa shape index (κ1) is 24.6. The van der Waals surface area contributed by atoms with E-state index in [1.54, 1.807) is 50.3 Å². The molecule has 2 N–H and O–H groups in total. The molecule has 1 unspecified atom stereocenters. The molecule has 4 aromatic rings. The van der Waals surface area contributed by atoms with Crippen LogP contribution in [0.2, 0.25) is 5.02 Å². The molecule has 2 heterocycles. The lowest BCUT2D eigenvalue weighted by atomic mass is 9.95. The number of ether oxygens (including phenoxy) is 2. The number of nitrogens with one attached hydrogen (secondary N) is 1. The van der Waals surface area contributed by atoms with Crippen LogP contribution in [0, 0.1) is 12.7 Å². The maximum Gasteiger partial charge on any atom is 0.273 e. The monoisotopic (exact) mass is 521 g/mol. The summed E-state index contributed by atoms with van der Waals surface area (Å²) >= 11 is 6.36. The third-order valence-corrected chi connectivity index (χ3v) is 7.08. The van der Waals surface area contributed by atoms with Gasteiger partial charge in [-0.05, 0) is 66.4 Å². The summed E-state index contributed by atoms with van der Waals surface area (Å²) in [4.78, 5) is 15.3. The number of halogens is 2. The van der Waals surface area contributed by atoms with Crippen molar-refractivity contribution in [3.63, 3.8) is 0 Å². The molecule has 0 radical (unpaired) electrons. The van der Waals surface area contributed by atoms with Crippen LogP contribution < -0.4 is 9.47 Å². The quantitative estimate of drug-likeness (QED) is 0.326. The van der Waals surface area contributed by atoms with E-state index in [1.165, 1.54) is 12.1 Å². The van der Waals surface area contributed by atoms with E-state index < -0.39 is 6.04 Å². The van der Waals surface area contributed by atoms with Gasteiger partial charge in [0.05, 0.1) is 20.3 Å². The zero-order chi connectivity index (χ0) is 26.3. The smallest absolute Gasteiger partial charge is 0.273 e. The number of fused-ring (bicyclic) bond motifs is 1. The molecule has 1 aromatic heterocycles. The number of H-pyrrole nitrogens is 1. The fourth-order valence-corrected chi connectivity index (χ4v) is 4.93. The molecule has 1 amide bonds. The second-order valence-corrected chi connectivity index (χ2v) is 9.28. The van der Waals surface area contributed by atoms with Gasteiger partial charge in [0.1, 0.15) is 23.0 Å². The molecule has 1 aliphatic rings. The van der Waals surface area contributed by atoms with Crippen LogP contribution in [0.25, 0.3) is 11.3 Å². The fourth-order valence-electron chi connectivity index (χ4n) is 4.77. The second kappa shape index (κ2) is 9.78. The molecule has 0 saturated carbocycles. The first-order valence-corrected chi connectivity index (χ1v) is 12.0.